The maximum Gasteiger partial charge on any atom is 0.0709 e. The van der Waals surface area contributed by atoms with E-state index in [2.05, 4.69) is 9.24 Å². The Kier molecular flexibility index (Phi) is 9.64. The number of rotatable bonds is 3. The van der Waals surface area contributed by atoms with Gasteiger partial charge in [0.1, 0.15) is 0 Å². The van der Waals surface area contributed by atoms with Gasteiger partial charge in [-0.3, -0.25) is 0 Å². The van der Waals surface area contributed by atoms with Crippen LogP contribution in [-0.2, 0) is 4.74 Å². The molecule has 0 aromatic rings. The maximum absolute atomic E-state index is 8.09. The van der Waals surface area contributed by atoms with Gasteiger partial charge in [-0.2, -0.15) is 0 Å². The molecule has 0 amide bonds. The Morgan fingerprint density at radius 2 is 1.83 bits per heavy atom. The van der Waals surface area contributed by atoms with Crippen molar-refractivity contribution in [2.24, 2.45) is 0 Å². The average molecular weight is 194 g/mol. The van der Waals surface area contributed by atoms with Crippen molar-refractivity contribution in [3.05, 3.63) is 0 Å². The van der Waals surface area contributed by atoms with Crippen molar-refractivity contribution in [1.29, 1.82) is 0 Å². The van der Waals surface area contributed by atoms with E-state index in [1.807, 2.05) is 0 Å². The smallest absolute Gasteiger partial charge is 0.0709 e. The van der Waals surface area contributed by atoms with Crippen LogP contribution in [0.4, 0.5) is 0 Å². The van der Waals surface area contributed by atoms with Gasteiger partial charge in [0.25, 0.3) is 0 Å². The Morgan fingerprint density at radius 3 is 2.00 bits per heavy atom. The van der Waals surface area contributed by atoms with Crippen molar-refractivity contribution in [2.45, 2.75) is 31.5 Å². The third-order valence-corrected chi connectivity index (χ3v) is 2.06. The molecule has 0 spiro atoms. The van der Waals surface area contributed by atoms with Crippen LogP contribution >= 0.6 is 9.24 Å². The summed E-state index contributed by atoms with van der Waals surface area (Å²) in [6, 6.07) is 0. The second kappa shape index (κ2) is 9.40. The molecule has 1 saturated heterocycles. The number of ether oxygens (including phenoxy) is 1. The molecule has 2 atom stereocenters. The summed E-state index contributed by atoms with van der Waals surface area (Å²) in [6.45, 7) is 1.36. The van der Waals surface area contributed by atoms with E-state index in [-0.39, 0.29) is 13.2 Å². The van der Waals surface area contributed by atoms with Crippen molar-refractivity contribution in [1.82, 2.24) is 0 Å². The van der Waals surface area contributed by atoms with Crippen LogP contribution in [0.15, 0.2) is 0 Å². The van der Waals surface area contributed by atoms with Crippen LogP contribution in [0.2, 0.25) is 0 Å². The molecule has 0 saturated carbocycles. The monoisotopic (exact) mass is 194 g/mol. The van der Waals surface area contributed by atoms with Crippen LogP contribution in [0.5, 0.6) is 0 Å². The standard InChI is InChI=1S/C4H10O2.C4H9OP/c5-3-1-2-4-6;6-4-2-1-3-5-4/h5-6H,1-4H2;4H,1-3,6H2. The summed E-state index contributed by atoms with van der Waals surface area (Å²) in [4.78, 5) is 0. The van der Waals surface area contributed by atoms with Crippen LogP contribution in [-0.4, -0.2) is 35.9 Å². The Bertz CT molecular complexity index is 80.4. The van der Waals surface area contributed by atoms with Gasteiger partial charge in [-0.1, -0.05) is 0 Å². The number of aliphatic hydroxyl groups excluding tert-OH is 2. The van der Waals surface area contributed by atoms with E-state index in [0.29, 0.717) is 5.85 Å². The van der Waals surface area contributed by atoms with Gasteiger partial charge in [-0.25, -0.2) is 0 Å². The lowest BCUT2D eigenvalue weighted by molar-refractivity contribution is 0.173. The molecule has 1 aliphatic rings. The molecule has 74 valence electrons. The minimum Gasteiger partial charge on any atom is -0.396 e. The molecular weight excluding hydrogens is 175 g/mol. The summed E-state index contributed by atoms with van der Waals surface area (Å²) in [6.07, 6.45) is 3.91. The largest absolute Gasteiger partial charge is 0.396 e. The fourth-order valence-electron chi connectivity index (χ4n) is 0.826. The molecule has 1 heterocycles. The first-order chi connectivity index (χ1) is 5.81. The van der Waals surface area contributed by atoms with E-state index < -0.39 is 0 Å². The quantitative estimate of drug-likeness (QED) is 0.515. The lowest BCUT2D eigenvalue weighted by Gasteiger charge is -1.94. The van der Waals surface area contributed by atoms with Crippen LogP contribution < -0.4 is 0 Å². The summed E-state index contributed by atoms with van der Waals surface area (Å²) in [5.41, 5.74) is 0. The van der Waals surface area contributed by atoms with E-state index in [9.17, 15) is 0 Å². The minimum atomic E-state index is 0.195. The lowest BCUT2D eigenvalue weighted by atomic mass is 10.3. The zero-order valence-corrected chi connectivity index (χ0v) is 8.56. The summed E-state index contributed by atoms with van der Waals surface area (Å²) >= 11 is 0. The van der Waals surface area contributed by atoms with Crippen LogP contribution in [0.3, 0.4) is 0 Å². The molecule has 2 N–H and O–H groups in total. The molecule has 3 nitrogen and oxygen atoms in total. The number of hydrogen-bond acceptors (Lipinski definition) is 3. The lowest BCUT2D eigenvalue weighted by Crippen LogP contribution is -1.88. The molecule has 4 heteroatoms. The minimum absolute atomic E-state index is 0.195. The third-order valence-electron chi connectivity index (χ3n) is 1.53. The molecule has 2 unspecified atom stereocenters. The summed E-state index contributed by atoms with van der Waals surface area (Å²) < 4.78 is 5.12. The first kappa shape index (κ1) is 12.3. The predicted octanol–water partition coefficient (Wildman–Crippen LogP) is 0.749. The summed E-state index contributed by atoms with van der Waals surface area (Å²) in [5.74, 6) is 0.463. The first-order valence-electron chi connectivity index (χ1n) is 4.40. The maximum atomic E-state index is 8.09. The predicted molar refractivity (Wildman–Crippen MR) is 52.1 cm³/mol. The fraction of sp³-hybridized carbons (Fsp3) is 1.00. The van der Waals surface area contributed by atoms with Gasteiger partial charge in [0.15, 0.2) is 0 Å². The molecular formula is C8H19O3P. The number of unbranched alkanes of at least 4 members (excludes halogenated alkanes) is 1. The molecule has 1 rings (SSSR count). The van der Waals surface area contributed by atoms with Gasteiger partial charge in [-0.05, 0) is 25.7 Å². The third kappa shape index (κ3) is 8.41. The Balaban J connectivity index is 0.000000202. The van der Waals surface area contributed by atoms with E-state index >= 15 is 0 Å². The molecule has 0 bridgehead atoms. The van der Waals surface area contributed by atoms with Gasteiger partial charge >= 0.3 is 0 Å². The van der Waals surface area contributed by atoms with Crippen molar-refractivity contribution in [3.8, 4) is 0 Å². The number of hydrogen-bond donors (Lipinski definition) is 2. The second-order valence-corrected chi connectivity index (χ2v) is 3.45. The van der Waals surface area contributed by atoms with Crippen LogP contribution in [0.1, 0.15) is 25.7 Å². The Hall–Kier alpha value is 0.310. The van der Waals surface area contributed by atoms with Gasteiger partial charge in [0.05, 0.1) is 5.85 Å². The molecule has 12 heavy (non-hydrogen) atoms. The molecule has 1 fully saturated rings. The second-order valence-electron chi connectivity index (χ2n) is 2.71. The highest BCUT2D eigenvalue weighted by molar-refractivity contribution is 7.17. The topological polar surface area (TPSA) is 49.7 Å². The van der Waals surface area contributed by atoms with Crippen molar-refractivity contribution in [2.75, 3.05) is 19.8 Å². The Morgan fingerprint density at radius 1 is 1.25 bits per heavy atom. The van der Waals surface area contributed by atoms with Gasteiger partial charge in [-0.15, -0.1) is 9.24 Å². The molecule has 0 radical (unpaired) electrons. The van der Waals surface area contributed by atoms with E-state index in [0.717, 1.165) is 19.4 Å². The van der Waals surface area contributed by atoms with Gasteiger partial charge < -0.3 is 14.9 Å². The molecule has 0 aliphatic carbocycles. The van der Waals surface area contributed by atoms with E-state index in [1.165, 1.54) is 12.8 Å². The van der Waals surface area contributed by atoms with Crippen molar-refractivity contribution in [3.63, 3.8) is 0 Å². The number of aliphatic hydroxyl groups is 2. The highest BCUT2D eigenvalue weighted by atomic mass is 31.0. The van der Waals surface area contributed by atoms with Crippen LogP contribution in [0.25, 0.3) is 0 Å². The van der Waals surface area contributed by atoms with Crippen LogP contribution in [0, 0.1) is 0 Å². The SMILES string of the molecule is OCCCCO.PC1CCCO1. The molecule has 0 aromatic heterocycles. The normalized spacial score (nSPS) is 21.8. The fourth-order valence-corrected chi connectivity index (χ4v) is 1.20. The van der Waals surface area contributed by atoms with Crippen molar-refractivity contribution < 1.29 is 14.9 Å². The summed E-state index contributed by atoms with van der Waals surface area (Å²) in [7, 11) is 2.65. The zero-order chi connectivity index (χ0) is 9.23. The molecule has 0 aromatic carbocycles. The van der Waals surface area contributed by atoms with Gasteiger partial charge in [0, 0.05) is 19.8 Å². The van der Waals surface area contributed by atoms with E-state index in [4.69, 9.17) is 14.9 Å². The van der Waals surface area contributed by atoms with E-state index in [1.54, 1.807) is 0 Å². The highest BCUT2D eigenvalue weighted by Gasteiger charge is 2.07. The zero-order valence-electron chi connectivity index (χ0n) is 7.41. The summed E-state index contributed by atoms with van der Waals surface area (Å²) in [5, 5.41) is 16.2. The Labute approximate surface area is 76.3 Å². The average Bonchev–Trinajstić information content (AvgIpc) is 2.53. The molecule has 1 aliphatic heterocycles. The highest BCUT2D eigenvalue weighted by Crippen LogP contribution is 2.16. The van der Waals surface area contributed by atoms with Crippen molar-refractivity contribution >= 4 is 9.24 Å². The first-order valence-corrected chi connectivity index (χ1v) is 5.07. The van der Waals surface area contributed by atoms with Gasteiger partial charge in [0.2, 0.25) is 0 Å².